The Kier molecular flexibility index (Phi) is 4.88. The molecule has 0 amide bonds. The van der Waals surface area contributed by atoms with Crippen molar-refractivity contribution in [3.05, 3.63) is 16.7 Å². The summed E-state index contributed by atoms with van der Waals surface area (Å²) >= 11 is 0. The molecule has 5 N–H and O–H groups in total. The number of nitrogens with zero attached hydrogens (tertiary/aromatic N) is 3. The van der Waals surface area contributed by atoms with Gasteiger partial charge in [-0.05, 0) is 26.2 Å². The van der Waals surface area contributed by atoms with Crippen molar-refractivity contribution < 1.29 is 18.7 Å². The Morgan fingerprint density at radius 3 is 2.78 bits per heavy atom. The van der Waals surface area contributed by atoms with Crippen LogP contribution in [0.4, 0.5) is 10.3 Å². The summed E-state index contributed by atoms with van der Waals surface area (Å²) in [6, 6.07) is 0. The fraction of sp³-hybridized carbons (Fsp3) is 0.583. The minimum Gasteiger partial charge on any atom is -0.369 e. The van der Waals surface area contributed by atoms with Crippen LogP contribution in [0.5, 0.6) is 0 Å². The second-order valence-corrected chi connectivity index (χ2v) is 7.58. The van der Waals surface area contributed by atoms with Gasteiger partial charge in [-0.3, -0.25) is 14.3 Å². The van der Waals surface area contributed by atoms with Crippen molar-refractivity contribution >= 4 is 24.7 Å². The molecular weight excluding hydrogens is 328 g/mol. The van der Waals surface area contributed by atoms with E-state index in [0.717, 1.165) is 6.92 Å². The first-order valence-corrected chi connectivity index (χ1v) is 8.68. The number of aromatic nitrogens is 4. The van der Waals surface area contributed by atoms with Gasteiger partial charge in [-0.1, -0.05) is 6.42 Å². The summed E-state index contributed by atoms with van der Waals surface area (Å²) in [5, 5.41) is -2.50. The number of nitrogen functional groups attached to an aromatic ring is 1. The molecule has 11 heteroatoms. The molecule has 2 rings (SSSR count). The number of aryl methyl sites for hydroxylation is 1. The zero-order chi connectivity index (χ0) is 17.3. The Morgan fingerprint density at radius 1 is 1.43 bits per heavy atom. The number of alkyl halides is 1. The molecule has 0 aliphatic carbocycles. The molecule has 0 radical (unpaired) electrons. The van der Waals surface area contributed by atoms with Gasteiger partial charge in [0.1, 0.15) is 0 Å². The predicted molar refractivity (Wildman–Crippen MR) is 82.6 cm³/mol. The number of hydrogen-bond donors (Lipinski definition) is 4. The third-order valence-electron chi connectivity index (χ3n) is 3.63. The maximum atomic E-state index is 13.8. The van der Waals surface area contributed by atoms with E-state index in [9.17, 15) is 13.8 Å². The van der Waals surface area contributed by atoms with Crippen molar-refractivity contribution in [2.75, 3.05) is 5.73 Å². The number of anilines is 1. The van der Waals surface area contributed by atoms with E-state index in [1.165, 1.54) is 6.33 Å². The van der Waals surface area contributed by atoms with Gasteiger partial charge in [-0.25, -0.2) is 9.37 Å². The molecule has 0 aromatic carbocycles. The minimum atomic E-state index is -4.75. The van der Waals surface area contributed by atoms with Crippen molar-refractivity contribution in [3.63, 3.8) is 0 Å². The highest BCUT2D eigenvalue weighted by molar-refractivity contribution is 7.53. The zero-order valence-electron chi connectivity index (χ0n) is 12.6. The molecule has 2 aromatic rings. The number of nitrogens with two attached hydrogens (primary N) is 1. The van der Waals surface area contributed by atoms with Crippen LogP contribution < -0.4 is 11.3 Å². The summed E-state index contributed by atoms with van der Waals surface area (Å²) < 4.78 is 26.4. The second-order valence-electron chi connectivity index (χ2n) is 5.56. The molecule has 0 aliphatic rings. The molecule has 0 bridgehead atoms. The van der Waals surface area contributed by atoms with Crippen LogP contribution in [0.3, 0.4) is 0 Å². The number of H-pyrrole nitrogens is 1. The van der Waals surface area contributed by atoms with Crippen molar-refractivity contribution in [1.29, 1.82) is 0 Å². The van der Waals surface area contributed by atoms with Crippen LogP contribution in [0.1, 0.15) is 32.6 Å². The molecule has 1 atom stereocenters. The highest BCUT2D eigenvalue weighted by Crippen LogP contribution is 2.53. The number of hydrogen-bond acceptors (Lipinski definition) is 5. The van der Waals surface area contributed by atoms with E-state index in [0.29, 0.717) is 31.5 Å². The topological polar surface area (TPSA) is 147 Å². The van der Waals surface area contributed by atoms with Gasteiger partial charge in [0, 0.05) is 6.54 Å². The molecular formula is C12H19FN5O4P. The van der Waals surface area contributed by atoms with Gasteiger partial charge in [0.15, 0.2) is 11.2 Å². The normalized spacial score (nSPS) is 15.0. The first-order chi connectivity index (χ1) is 10.6. The lowest BCUT2D eigenvalue weighted by atomic mass is 10.1. The van der Waals surface area contributed by atoms with Crippen LogP contribution in [-0.4, -0.2) is 34.7 Å². The maximum absolute atomic E-state index is 13.8. The maximum Gasteiger partial charge on any atom is 0.362 e. The molecule has 2 aromatic heterocycles. The van der Waals surface area contributed by atoms with Gasteiger partial charge < -0.3 is 20.1 Å². The highest BCUT2D eigenvalue weighted by atomic mass is 31.2. The number of fused-ring (bicyclic) bond motifs is 1. The lowest BCUT2D eigenvalue weighted by Crippen LogP contribution is -2.17. The smallest absolute Gasteiger partial charge is 0.362 e. The molecule has 0 aliphatic heterocycles. The Balaban J connectivity index is 1.91. The summed E-state index contributed by atoms with van der Waals surface area (Å²) in [5.74, 6) is -0.000843. The SMILES string of the molecule is CC(F)(CCCCCn1cnc2c(=O)[nH]c(N)nc21)P(=O)(O)O. The van der Waals surface area contributed by atoms with Crippen molar-refractivity contribution in [2.45, 2.75) is 44.6 Å². The van der Waals surface area contributed by atoms with Gasteiger partial charge in [0.25, 0.3) is 5.56 Å². The third kappa shape index (κ3) is 3.95. The van der Waals surface area contributed by atoms with Crippen molar-refractivity contribution in [3.8, 4) is 0 Å². The number of unbranched alkanes of at least 4 members (excludes halogenated alkanes) is 2. The fourth-order valence-electron chi connectivity index (χ4n) is 2.19. The Bertz CT molecular complexity index is 796. The van der Waals surface area contributed by atoms with Crippen LogP contribution in [0, 0.1) is 0 Å². The van der Waals surface area contributed by atoms with Gasteiger partial charge in [-0.15, -0.1) is 0 Å². The molecule has 0 saturated heterocycles. The number of rotatable bonds is 7. The molecule has 128 valence electrons. The number of aromatic amines is 1. The van der Waals surface area contributed by atoms with Crippen LogP contribution in [-0.2, 0) is 11.1 Å². The quantitative estimate of drug-likeness (QED) is 0.433. The lowest BCUT2D eigenvalue weighted by molar-refractivity contribution is 0.204. The van der Waals surface area contributed by atoms with Crippen LogP contribution in [0.2, 0.25) is 0 Å². The van der Waals surface area contributed by atoms with E-state index in [2.05, 4.69) is 15.0 Å². The van der Waals surface area contributed by atoms with Crippen molar-refractivity contribution in [2.24, 2.45) is 0 Å². The lowest BCUT2D eigenvalue weighted by Gasteiger charge is -2.21. The zero-order valence-corrected chi connectivity index (χ0v) is 13.5. The van der Waals surface area contributed by atoms with E-state index >= 15 is 0 Å². The van der Waals surface area contributed by atoms with E-state index in [1.54, 1.807) is 4.57 Å². The first kappa shape index (κ1) is 17.6. The molecule has 0 spiro atoms. The minimum absolute atomic E-state index is 0.000843. The van der Waals surface area contributed by atoms with Gasteiger partial charge in [0.05, 0.1) is 6.33 Å². The average molecular weight is 347 g/mol. The monoisotopic (exact) mass is 347 g/mol. The largest absolute Gasteiger partial charge is 0.369 e. The van der Waals surface area contributed by atoms with Gasteiger partial charge in [-0.2, -0.15) is 4.98 Å². The van der Waals surface area contributed by atoms with Crippen LogP contribution in [0.25, 0.3) is 11.2 Å². The van der Waals surface area contributed by atoms with Crippen LogP contribution in [0.15, 0.2) is 11.1 Å². The van der Waals surface area contributed by atoms with E-state index in [1.807, 2.05) is 0 Å². The Hall–Kier alpha value is -1.77. The summed E-state index contributed by atoms with van der Waals surface area (Å²) in [4.78, 5) is 39.8. The number of nitrogens with one attached hydrogen (secondary N) is 1. The Labute approximate surface area is 130 Å². The summed E-state index contributed by atoms with van der Waals surface area (Å²) in [7, 11) is -4.75. The standard InChI is InChI=1S/C12H19FN5O4P/c1-12(13,23(20,21)22)5-3-2-4-6-18-7-15-8-9(18)16-11(14)17-10(8)19/h7H,2-6H2,1H3,(H2,20,21,22)(H3,14,16,17,19). The molecule has 1 unspecified atom stereocenters. The summed E-state index contributed by atoms with van der Waals surface area (Å²) in [6.07, 6.45) is 2.78. The number of imidazole rings is 1. The average Bonchev–Trinajstić information content (AvgIpc) is 2.80. The van der Waals surface area contributed by atoms with E-state index in [4.69, 9.17) is 15.5 Å². The van der Waals surface area contributed by atoms with E-state index in [-0.39, 0.29) is 17.9 Å². The number of halogens is 1. The van der Waals surface area contributed by atoms with Crippen LogP contribution >= 0.6 is 7.60 Å². The molecule has 2 heterocycles. The summed E-state index contributed by atoms with van der Waals surface area (Å²) in [5.41, 5.74) is 5.64. The molecule has 9 nitrogen and oxygen atoms in total. The molecule has 0 saturated carbocycles. The highest BCUT2D eigenvalue weighted by Gasteiger charge is 2.41. The summed E-state index contributed by atoms with van der Waals surface area (Å²) in [6.45, 7) is 1.40. The van der Waals surface area contributed by atoms with Gasteiger partial charge in [0.2, 0.25) is 11.4 Å². The predicted octanol–water partition coefficient (Wildman–Crippen LogP) is 1.13. The Morgan fingerprint density at radius 2 is 2.13 bits per heavy atom. The second kappa shape index (κ2) is 6.38. The first-order valence-electron chi connectivity index (χ1n) is 7.07. The molecule has 23 heavy (non-hydrogen) atoms. The van der Waals surface area contributed by atoms with Gasteiger partial charge >= 0.3 is 7.60 Å². The fourth-order valence-corrected chi connectivity index (χ4v) is 2.64. The molecule has 0 fully saturated rings. The van der Waals surface area contributed by atoms with E-state index < -0.39 is 18.6 Å². The van der Waals surface area contributed by atoms with Crippen molar-refractivity contribution in [1.82, 2.24) is 19.5 Å². The third-order valence-corrected chi connectivity index (χ3v) is 5.07.